The molecule has 0 fully saturated rings. The van der Waals surface area contributed by atoms with Crippen LogP contribution in [0.4, 0.5) is 4.39 Å². The van der Waals surface area contributed by atoms with Gasteiger partial charge in [-0.05, 0) is 49.6 Å². The monoisotopic (exact) mass is 367 g/mol. The topological polar surface area (TPSA) is 65.1 Å². The highest BCUT2D eigenvalue weighted by Gasteiger charge is 2.03. The van der Waals surface area contributed by atoms with Crippen LogP contribution < -0.4 is 10.6 Å². The first-order valence-corrected chi connectivity index (χ1v) is 9.36. The number of halogens is 1. The highest BCUT2D eigenvalue weighted by Crippen LogP contribution is 2.11. The molecule has 142 valence electrons. The Kier molecular flexibility index (Phi) is 6.41. The van der Waals surface area contributed by atoms with Crippen LogP contribution in [0.15, 0.2) is 47.5 Å². The Morgan fingerprint density at radius 1 is 1.19 bits per heavy atom. The largest absolute Gasteiger partial charge is 0.357 e. The van der Waals surface area contributed by atoms with Crippen molar-refractivity contribution in [3.8, 4) is 0 Å². The Morgan fingerprint density at radius 2 is 2.04 bits per heavy atom. The van der Waals surface area contributed by atoms with E-state index >= 15 is 0 Å². The number of imidazole rings is 1. The van der Waals surface area contributed by atoms with Crippen molar-refractivity contribution in [2.45, 2.75) is 33.2 Å². The van der Waals surface area contributed by atoms with Gasteiger partial charge in [-0.25, -0.2) is 14.4 Å². The smallest absolute Gasteiger partial charge is 0.191 e. The van der Waals surface area contributed by atoms with E-state index in [4.69, 9.17) is 0 Å². The Hall–Kier alpha value is -2.89. The van der Waals surface area contributed by atoms with Crippen molar-refractivity contribution >= 4 is 17.0 Å². The second-order valence-corrected chi connectivity index (χ2v) is 6.51. The molecule has 27 heavy (non-hydrogen) atoms. The fraction of sp³-hybridized carbons (Fsp3) is 0.333. The predicted molar refractivity (Wildman–Crippen MR) is 108 cm³/mol. The normalized spacial score (nSPS) is 11.7. The number of para-hydroxylation sites is 2. The van der Waals surface area contributed by atoms with Crippen molar-refractivity contribution in [2.75, 3.05) is 13.1 Å². The van der Waals surface area contributed by atoms with Crippen LogP contribution >= 0.6 is 0 Å². The molecular weight excluding hydrogens is 341 g/mol. The number of H-pyrrole nitrogens is 1. The number of aliphatic imine (C=N–C) groups is 1. The summed E-state index contributed by atoms with van der Waals surface area (Å²) in [6.45, 7) is 5.90. The molecule has 3 rings (SSSR count). The van der Waals surface area contributed by atoms with Gasteiger partial charge in [0.05, 0.1) is 17.6 Å². The summed E-state index contributed by atoms with van der Waals surface area (Å²) in [4.78, 5) is 12.5. The first-order valence-electron chi connectivity index (χ1n) is 9.36. The number of fused-ring (bicyclic) bond motifs is 1. The fourth-order valence-corrected chi connectivity index (χ4v) is 2.90. The summed E-state index contributed by atoms with van der Waals surface area (Å²) in [5.74, 6) is 1.59. The highest BCUT2D eigenvalue weighted by molar-refractivity contribution is 5.79. The minimum absolute atomic E-state index is 0.182. The summed E-state index contributed by atoms with van der Waals surface area (Å²) in [5.41, 5.74) is 3.72. The number of benzene rings is 2. The number of aromatic nitrogens is 2. The molecular formula is C21H26FN5. The quantitative estimate of drug-likeness (QED) is 0.339. The van der Waals surface area contributed by atoms with Gasteiger partial charge < -0.3 is 15.6 Å². The van der Waals surface area contributed by atoms with Gasteiger partial charge >= 0.3 is 0 Å². The number of hydrogen-bond donors (Lipinski definition) is 3. The molecule has 0 saturated heterocycles. The summed E-state index contributed by atoms with van der Waals surface area (Å²) in [6.07, 6.45) is 1.82. The molecule has 1 heterocycles. The standard InChI is InChI=1S/C21H26FN5/c1-3-23-21(25-14-16-10-11-17(22)15(2)13-16)24-12-6-9-20-26-18-7-4-5-8-19(18)27-20/h4-5,7-8,10-11,13H,3,6,9,12,14H2,1-2H3,(H,26,27)(H2,23,24,25). The third-order valence-electron chi connectivity index (χ3n) is 4.31. The highest BCUT2D eigenvalue weighted by atomic mass is 19.1. The Balaban J connectivity index is 1.50. The van der Waals surface area contributed by atoms with Crippen LogP contribution in [0.3, 0.4) is 0 Å². The summed E-state index contributed by atoms with van der Waals surface area (Å²) in [7, 11) is 0. The van der Waals surface area contributed by atoms with Gasteiger partial charge in [0, 0.05) is 19.5 Å². The molecule has 5 nitrogen and oxygen atoms in total. The van der Waals surface area contributed by atoms with Gasteiger partial charge in [-0.1, -0.05) is 24.3 Å². The van der Waals surface area contributed by atoms with Crippen molar-refractivity contribution < 1.29 is 4.39 Å². The minimum Gasteiger partial charge on any atom is -0.357 e. The fourth-order valence-electron chi connectivity index (χ4n) is 2.90. The SMILES string of the molecule is CCNC(=NCc1ccc(F)c(C)c1)NCCCc1nc2ccccc2[nH]1. The molecule has 0 spiro atoms. The van der Waals surface area contributed by atoms with Gasteiger partial charge in [-0.3, -0.25) is 0 Å². The molecule has 0 unspecified atom stereocenters. The Bertz CT molecular complexity index is 883. The van der Waals surface area contributed by atoms with Crippen LogP contribution in [0.25, 0.3) is 11.0 Å². The van der Waals surface area contributed by atoms with Crippen molar-refractivity contribution in [1.29, 1.82) is 0 Å². The van der Waals surface area contributed by atoms with Crippen molar-refractivity contribution in [1.82, 2.24) is 20.6 Å². The number of hydrogen-bond acceptors (Lipinski definition) is 2. The summed E-state index contributed by atoms with van der Waals surface area (Å²) >= 11 is 0. The lowest BCUT2D eigenvalue weighted by molar-refractivity contribution is 0.617. The van der Waals surface area contributed by atoms with Crippen LogP contribution in [0.2, 0.25) is 0 Å². The molecule has 0 aliphatic carbocycles. The number of aromatic amines is 1. The second-order valence-electron chi connectivity index (χ2n) is 6.51. The van der Waals surface area contributed by atoms with Gasteiger partial charge in [0.2, 0.25) is 0 Å². The zero-order chi connectivity index (χ0) is 19.1. The van der Waals surface area contributed by atoms with Crippen LogP contribution in [-0.2, 0) is 13.0 Å². The molecule has 0 atom stereocenters. The molecule has 0 bridgehead atoms. The number of nitrogens with zero attached hydrogens (tertiary/aromatic N) is 2. The molecule has 2 aromatic carbocycles. The lowest BCUT2D eigenvalue weighted by Gasteiger charge is -2.11. The first-order chi connectivity index (χ1) is 13.2. The number of aryl methyl sites for hydroxylation is 2. The van der Waals surface area contributed by atoms with E-state index in [-0.39, 0.29) is 5.82 Å². The number of guanidine groups is 1. The van der Waals surface area contributed by atoms with Gasteiger partial charge in [0.15, 0.2) is 5.96 Å². The third kappa shape index (κ3) is 5.29. The van der Waals surface area contributed by atoms with E-state index in [1.807, 2.05) is 37.3 Å². The lowest BCUT2D eigenvalue weighted by atomic mass is 10.1. The average Bonchev–Trinajstić information content (AvgIpc) is 3.08. The molecule has 0 aliphatic rings. The predicted octanol–water partition coefficient (Wildman–Crippen LogP) is 3.70. The van der Waals surface area contributed by atoms with E-state index in [9.17, 15) is 4.39 Å². The van der Waals surface area contributed by atoms with Gasteiger partial charge in [0.25, 0.3) is 0 Å². The maximum absolute atomic E-state index is 13.4. The van der Waals surface area contributed by atoms with E-state index in [0.717, 1.165) is 54.3 Å². The van der Waals surface area contributed by atoms with Crippen LogP contribution in [-0.4, -0.2) is 29.0 Å². The molecule has 0 saturated carbocycles. The van der Waals surface area contributed by atoms with Crippen molar-refractivity contribution in [3.63, 3.8) is 0 Å². The van der Waals surface area contributed by atoms with Crippen LogP contribution in [0.5, 0.6) is 0 Å². The zero-order valence-electron chi connectivity index (χ0n) is 15.8. The maximum Gasteiger partial charge on any atom is 0.191 e. The molecule has 0 radical (unpaired) electrons. The first kappa shape index (κ1) is 18.9. The molecule has 3 aromatic rings. The van der Waals surface area contributed by atoms with E-state index < -0.39 is 0 Å². The van der Waals surface area contributed by atoms with Gasteiger partial charge in [-0.2, -0.15) is 0 Å². The zero-order valence-corrected chi connectivity index (χ0v) is 15.8. The van der Waals surface area contributed by atoms with Crippen LogP contribution in [0.1, 0.15) is 30.3 Å². The summed E-state index contributed by atoms with van der Waals surface area (Å²) < 4.78 is 13.4. The summed E-state index contributed by atoms with van der Waals surface area (Å²) in [6, 6.07) is 13.2. The minimum atomic E-state index is -0.182. The molecule has 1 aromatic heterocycles. The molecule has 0 aliphatic heterocycles. The average molecular weight is 367 g/mol. The van der Waals surface area contributed by atoms with E-state index in [1.165, 1.54) is 6.07 Å². The number of nitrogens with one attached hydrogen (secondary N) is 3. The van der Waals surface area contributed by atoms with Crippen molar-refractivity contribution in [3.05, 3.63) is 65.2 Å². The summed E-state index contributed by atoms with van der Waals surface area (Å²) in [5, 5.41) is 6.58. The van der Waals surface area contributed by atoms with E-state index in [0.29, 0.717) is 12.1 Å². The van der Waals surface area contributed by atoms with Gasteiger partial charge in [-0.15, -0.1) is 0 Å². The Morgan fingerprint density at radius 3 is 2.81 bits per heavy atom. The lowest BCUT2D eigenvalue weighted by Crippen LogP contribution is -2.37. The Labute approximate surface area is 159 Å². The van der Waals surface area contributed by atoms with Crippen molar-refractivity contribution in [2.24, 2.45) is 4.99 Å². The molecule has 3 N–H and O–H groups in total. The van der Waals surface area contributed by atoms with Gasteiger partial charge in [0.1, 0.15) is 11.6 Å². The number of rotatable bonds is 7. The maximum atomic E-state index is 13.4. The second kappa shape index (κ2) is 9.16. The third-order valence-corrected chi connectivity index (χ3v) is 4.31. The van der Waals surface area contributed by atoms with E-state index in [2.05, 4.69) is 25.6 Å². The molecule has 6 heteroatoms. The molecule has 0 amide bonds. The van der Waals surface area contributed by atoms with E-state index in [1.54, 1.807) is 13.0 Å². The van der Waals surface area contributed by atoms with Crippen LogP contribution in [0, 0.1) is 12.7 Å².